The number of H-pyrrole nitrogens is 1. The molecule has 3 aromatic rings. The number of furan rings is 1. The standard InChI is InChI=1S/C15H12BrN5O4S/c16-11-4-3-10(25-11)14(24)19-15-18-8(7-26-15)6-12(22)20-21-13(23)9-2-1-5-17-9/h1-5,7,17H,6H2,(H,20,22)(H,21,23)(H,18,19,24). The third-order valence-electron chi connectivity index (χ3n) is 3.07. The third-order valence-corrected chi connectivity index (χ3v) is 4.30. The summed E-state index contributed by atoms with van der Waals surface area (Å²) in [5.74, 6) is -1.21. The van der Waals surface area contributed by atoms with Crippen LogP contribution in [0.5, 0.6) is 0 Å². The molecule has 4 N–H and O–H groups in total. The van der Waals surface area contributed by atoms with E-state index in [4.69, 9.17) is 4.42 Å². The van der Waals surface area contributed by atoms with Crippen molar-refractivity contribution in [3.63, 3.8) is 0 Å². The Balaban J connectivity index is 1.49. The Hall–Kier alpha value is -2.92. The summed E-state index contributed by atoms with van der Waals surface area (Å²) < 4.78 is 5.59. The molecule has 0 bridgehead atoms. The molecule has 9 nitrogen and oxygen atoms in total. The molecule has 0 saturated heterocycles. The molecule has 0 saturated carbocycles. The number of anilines is 1. The number of amides is 3. The topological polar surface area (TPSA) is 129 Å². The largest absolute Gasteiger partial charge is 0.444 e. The van der Waals surface area contributed by atoms with Crippen molar-refractivity contribution in [2.24, 2.45) is 0 Å². The van der Waals surface area contributed by atoms with Crippen molar-refractivity contribution >= 4 is 50.1 Å². The average molecular weight is 438 g/mol. The van der Waals surface area contributed by atoms with Crippen LogP contribution in [0.3, 0.4) is 0 Å². The van der Waals surface area contributed by atoms with Gasteiger partial charge in [-0.3, -0.25) is 30.6 Å². The van der Waals surface area contributed by atoms with Crippen LogP contribution in [0, 0.1) is 0 Å². The van der Waals surface area contributed by atoms with Gasteiger partial charge in [-0.2, -0.15) is 0 Å². The molecule has 0 spiro atoms. The summed E-state index contributed by atoms with van der Waals surface area (Å²) in [5, 5.41) is 4.56. The lowest BCUT2D eigenvalue weighted by Crippen LogP contribution is -2.42. The predicted octanol–water partition coefficient (Wildman–Crippen LogP) is 2.08. The van der Waals surface area contributed by atoms with Crippen LogP contribution in [0.2, 0.25) is 0 Å². The zero-order valence-electron chi connectivity index (χ0n) is 13.0. The maximum atomic E-state index is 12.0. The molecule has 134 valence electrons. The Labute approximate surface area is 159 Å². The van der Waals surface area contributed by atoms with Crippen molar-refractivity contribution in [1.82, 2.24) is 20.8 Å². The fraction of sp³-hybridized carbons (Fsp3) is 0.0667. The summed E-state index contributed by atoms with van der Waals surface area (Å²) in [4.78, 5) is 42.4. The number of aromatic amines is 1. The Morgan fingerprint density at radius 3 is 2.73 bits per heavy atom. The van der Waals surface area contributed by atoms with E-state index in [2.05, 4.69) is 42.1 Å². The molecule has 0 radical (unpaired) electrons. The van der Waals surface area contributed by atoms with Gasteiger partial charge in [0, 0.05) is 11.6 Å². The summed E-state index contributed by atoms with van der Waals surface area (Å²) in [7, 11) is 0. The zero-order chi connectivity index (χ0) is 18.5. The number of hydrazine groups is 1. The monoisotopic (exact) mass is 437 g/mol. The first-order valence-electron chi connectivity index (χ1n) is 7.25. The second kappa shape index (κ2) is 7.97. The molecule has 0 fully saturated rings. The predicted molar refractivity (Wildman–Crippen MR) is 96.6 cm³/mol. The van der Waals surface area contributed by atoms with Gasteiger partial charge in [-0.25, -0.2) is 4.98 Å². The molecule has 0 unspecified atom stereocenters. The highest BCUT2D eigenvalue weighted by Gasteiger charge is 2.14. The van der Waals surface area contributed by atoms with Crippen molar-refractivity contribution in [2.45, 2.75) is 6.42 Å². The smallest absolute Gasteiger partial charge is 0.293 e. The first-order chi connectivity index (χ1) is 12.5. The number of halogens is 1. The normalized spacial score (nSPS) is 10.3. The number of rotatable bonds is 5. The number of nitrogens with one attached hydrogen (secondary N) is 4. The summed E-state index contributed by atoms with van der Waals surface area (Å²) in [6, 6.07) is 6.37. The molecule has 3 heterocycles. The molecular weight excluding hydrogens is 426 g/mol. The zero-order valence-corrected chi connectivity index (χ0v) is 15.4. The lowest BCUT2D eigenvalue weighted by Gasteiger charge is -2.05. The van der Waals surface area contributed by atoms with Gasteiger partial charge in [0.15, 0.2) is 15.6 Å². The summed E-state index contributed by atoms with van der Waals surface area (Å²) in [5.41, 5.74) is 5.37. The van der Waals surface area contributed by atoms with Gasteiger partial charge < -0.3 is 9.40 Å². The van der Waals surface area contributed by atoms with E-state index in [0.29, 0.717) is 21.2 Å². The third kappa shape index (κ3) is 4.58. The van der Waals surface area contributed by atoms with Crippen LogP contribution in [-0.2, 0) is 11.2 Å². The van der Waals surface area contributed by atoms with E-state index in [1.165, 1.54) is 17.4 Å². The van der Waals surface area contributed by atoms with E-state index in [1.54, 1.807) is 29.8 Å². The first-order valence-corrected chi connectivity index (χ1v) is 8.92. The highest BCUT2D eigenvalue weighted by molar-refractivity contribution is 9.10. The lowest BCUT2D eigenvalue weighted by molar-refractivity contribution is -0.121. The molecular formula is C15H12BrN5O4S. The Kier molecular flexibility index (Phi) is 5.49. The van der Waals surface area contributed by atoms with Crippen molar-refractivity contribution < 1.29 is 18.8 Å². The minimum Gasteiger partial charge on any atom is -0.444 e. The van der Waals surface area contributed by atoms with E-state index < -0.39 is 17.7 Å². The van der Waals surface area contributed by atoms with E-state index in [0.717, 1.165) is 0 Å². The van der Waals surface area contributed by atoms with Gasteiger partial charge in [-0.05, 0) is 40.2 Å². The number of carbonyl (C=O) groups is 3. The fourth-order valence-corrected chi connectivity index (χ4v) is 2.93. The van der Waals surface area contributed by atoms with Crippen LogP contribution in [-0.4, -0.2) is 27.7 Å². The number of thiazole rings is 1. The van der Waals surface area contributed by atoms with Gasteiger partial charge in [0.1, 0.15) is 5.69 Å². The van der Waals surface area contributed by atoms with Crippen LogP contribution in [0.25, 0.3) is 0 Å². The Morgan fingerprint density at radius 2 is 2.04 bits per heavy atom. The van der Waals surface area contributed by atoms with Crippen LogP contribution in [0.15, 0.2) is 44.9 Å². The second-order valence-corrected chi connectivity index (χ2v) is 6.60. The van der Waals surface area contributed by atoms with E-state index in [1.807, 2.05) is 0 Å². The molecule has 3 rings (SSSR count). The molecule has 0 aliphatic heterocycles. The number of aromatic nitrogens is 2. The molecule has 11 heteroatoms. The maximum absolute atomic E-state index is 12.0. The highest BCUT2D eigenvalue weighted by atomic mass is 79.9. The molecule has 3 aromatic heterocycles. The van der Waals surface area contributed by atoms with E-state index >= 15 is 0 Å². The van der Waals surface area contributed by atoms with Crippen LogP contribution >= 0.6 is 27.3 Å². The Bertz CT molecular complexity index is 934. The van der Waals surface area contributed by atoms with Crippen LogP contribution < -0.4 is 16.2 Å². The van der Waals surface area contributed by atoms with Crippen molar-refractivity contribution in [1.29, 1.82) is 0 Å². The van der Waals surface area contributed by atoms with Gasteiger partial charge in [0.05, 0.1) is 12.1 Å². The lowest BCUT2D eigenvalue weighted by atomic mass is 10.3. The molecule has 3 amide bonds. The molecule has 0 aliphatic rings. The second-order valence-electron chi connectivity index (χ2n) is 4.96. The summed E-state index contributed by atoms with van der Waals surface area (Å²) >= 11 is 4.29. The maximum Gasteiger partial charge on any atom is 0.293 e. The van der Waals surface area contributed by atoms with Gasteiger partial charge in [0.2, 0.25) is 5.91 Å². The summed E-state index contributed by atoms with van der Waals surface area (Å²) in [6.45, 7) is 0. The number of hydrogen-bond acceptors (Lipinski definition) is 6. The molecule has 0 atom stereocenters. The molecule has 0 aliphatic carbocycles. The number of carbonyl (C=O) groups excluding carboxylic acids is 3. The van der Waals surface area contributed by atoms with Gasteiger partial charge in [-0.15, -0.1) is 11.3 Å². The van der Waals surface area contributed by atoms with Gasteiger partial charge >= 0.3 is 0 Å². The number of nitrogens with zero attached hydrogens (tertiary/aromatic N) is 1. The van der Waals surface area contributed by atoms with Crippen LogP contribution in [0.4, 0.5) is 5.13 Å². The molecule has 26 heavy (non-hydrogen) atoms. The highest BCUT2D eigenvalue weighted by Crippen LogP contribution is 2.19. The van der Waals surface area contributed by atoms with Gasteiger partial charge in [-0.1, -0.05) is 0 Å². The van der Waals surface area contributed by atoms with Crippen molar-refractivity contribution in [3.05, 3.63) is 57.7 Å². The van der Waals surface area contributed by atoms with Gasteiger partial charge in [0.25, 0.3) is 11.8 Å². The SMILES string of the molecule is O=C(Cc1csc(NC(=O)c2ccc(Br)o2)n1)NNC(=O)c1ccc[nH]1. The minimum absolute atomic E-state index is 0.0519. The fourth-order valence-electron chi connectivity index (χ4n) is 1.91. The Morgan fingerprint density at radius 1 is 1.19 bits per heavy atom. The minimum atomic E-state index is -0.459. The van der Waals surface area contributed by atoms with Crippen molar-refractivity contribution in [3.8, 4) is 0 Å². The van der Waals surface area contributed by atoms with E-state index in [-0.39, 0.29) is 12.2 Å². The summed E-state index contributed by atoms with van der Waals surface area (Å²) in [6.07, 6.45) is 1.55. The first kappa shape index (κ1) is 17.9. The van der Waals surface area contributed by atoms with Crippen molar-refractivity contribution in [2.75, 3.05) is 5.32 Å². The average Bonchev–Trinajstić information content (AvgIpc) is 3.34. The number of hydrogen-bond donors (Lipinski definition) is 4. The van der Waals surface area contributed by atoms with E-state index in [9.17, 15) is 14.4 Å². The quantitative estimate of drug-likeness (QED) is 0.454. The van der Waals surface area contributed by atoms with Crippen LogP contribution in [0.1, 0.15) is 26.7 Å². The molecule has 0 aromatic carbocycles.